The first-order chi connectivity index (χ1) is 15.0. The molecule has 0 spiro atoms. The predicted octanol–water partition coefficient (Wildman–Crippen LogP) is 2.81. The SMILES string of the molecule is COc1cccc(-c2ccc3c(c2)O[C@H]2CN(Cc4cnn(C)c4)C[C@H]2N(C)C3=O)c1. The van der Waals surface area contributed by atoms with Crippen molar-refractivity contribution in [1.29, 1.82) is 0 Å². The second-order valence-electron chi connectivity index (χ2n) is 8.30. The van der Waals surface area contributed by atoms with Gasteiger partial charge in [0.2, 0.25) is 0 Å². The number of rotatable bonds is 4. The van der Waals surface area contributed by atoms with Gasteiger partial charge in [-0.05, 0) is 35.4 Å². The molecule has 0 N–H and O–H groups in total. The number of nitrogens with zero attached hydrogens (tertiary/aromatic N) is 4. The molecule has 7 nitrogen and oxygen atoms in total. The van der Waals surface area contributed by atoms with E-state index in [-0.39, 0.29) is 18.1 Å². The first-order valence-electron chi connectivity index (χ1n) is 10.4. The quantitative estimate of drug-likeness (QED) is 0.652. The zero-order valence-corrected chi connectivity index (χ0v) is 18.0. The standard InChI is InChI=1S/C24H26N4O3/c1-26-12-16(11-25-26)13-28-14-21-23(15-28)31-22-10-18(7-8-20(22)24(29)27(21)2)17-5-4-6-19(9-17)30-3/h4-12,21,23H,13-15H2,1-3H3/t21-,23+/m1/s1. The molecular formula is C24H26N4O3. The summed E-state index contributed by atoms with van der Waals surface area (Å²) in [6.45, 7) is 2.33. The van der Waals surface area contributed by atoms with E-state index in [0.29, 0.717) is 11.3 Å². The summed E-state index contributed by atoms with van der Waals surface area (Å²) in [6, 6.07) is 13.7. The number of amides is 1. The monoisotopic (exact) mass is 418 g/mol. The molecule has 5 rings (SSSR count). The van der Waals surface area contributed by atoms with Crippen LogP contribution in [0.4, 0.5) is 0 Å². The summed E-state index contributed by atoms with van der Waals surface area (Å²) >= 11 is 0. The molecule has 1 fully saturated rings. The molecule has 0 unspecified atom stereocenters. The van der Waals surface area contributed by atoms with Crippen molar-refractivity contribution in [3.05, 3.63) is 66.0 Å². The molecule has 31 heavy (non-hydrogen) atoms. The van der Waals surface area contributed by atoms with Crippen molar-refractivity contribution in [2.45, 2.75) is 18.7 Å². The average molecular weight is 418 g/mol. The fourth-order valence-electron chi connectivity index (χ4n) is 4.54. The van der Waals surface area contributed by atoms with Crippen LogP contribution in [-0.4, -0.2) is 64.9 Å². The Bertz CT molecular complexity index is 1130. The molecule has 1 amide bonds. The first-order valence-corrected chi connectivity index (χ1v) is 10.4. The summed E-state index contributed by atoms with van der Waals surface area (Å²) in [5, 5.41) is 4.26. The van der Waals surface area contributed by atoms with Gasteiger partial charge in [-0.2, -0.15) is 5.10 Å². The van der Waals surface area contributed by atoms with Crippen LogP contribution in [0.5, 0.6) is 11.5 Å². The molecule has 160 valence electrons. The topological polar surface area (TPSA) is 59.8 Å². The summed E-state index contributed by atoms with van der Waals surface area (Å²) in [6.07, 6.45) is 3.84. The van der Waals surface area contributed by atoms with E-state index < -0.39 is 0 Å². The fraction of sp³-hybridized carbons (Fsp3) is 0.333. The maximum absolute atomic E-state index is 13.2. The highest BCUT2D eigenvalue weighted by Gasteiger charge is 2.42. The van der Waals surface area contributed by atoms with Gasteiger partial charge in [0.25, 0.3) is 5.91 Å². The lowest BCUT2D eigenvalue weighted by molar-refractivity contribution is 0.0682. The van der Waals surface area contributed by atoms with E-state index in [1.807, 2.05) is 78.5 Å². The van der Waals surface area contributed by atoms with Crippen molar-refractivity contribution in [2.24, 2.45) is 7.05 Å². The third kappa shape index (κ3) is 3.65. The molecule has 0 bridgehead atoms. The molecule has 2 atom stereocenters. The zero-order valence-electron chi connectivity index (χ0n) is 18.0. The van der Waals surface area contributed by atoms with Crippen molar-refractivity contribution in [1.82, 2.24) is 19.6 Å². The van der Waals surface area contributed by atoms with E-state index in [9.17, 15) is 4.79 Å². The number of hydrogen-bond acceptors (Lipinski definition) is 5. The second kappa shape index (κ2) is 7.74. The van der Waals surface area contributed by atoms with Crippen molar-refractivity contribution >= 4 is 5.91 Å². The number of fused-ring (bicyclic) bond motifs is 2. The van der Waals surface area contributed by atoms with Gasteiger partial charge in [-0.15, -0.1) is 0 Å². The van der Waals surface area contributed by atoms with Crippen LogP contribution in [0.25, 0.3) is 11.1 Å². The van der Waals surface area contributed by atoms with E-state index in [1.165, 1.54) is 0 Å². The molecule has 7 heteroatoms. The summed E-state index contributed by atoms with van der Waals surface area (Å²) < 4.78 is 13.6. The number of aryl methyl sites for hydroxylation is 1. The minimum absolute atomic E-state index is 0.00270. The number of carbonyl (C=O) groups is 1. The Morgan fingerprint density at radius 2 is 1.97 bits per heavy atom. The van der Waals surface area contributed by atoms with E-state index in [2.05, 4.69) is 10.00 Å². The van der Waals surface area contributed by atoms with Crippen LogP contribution in [0.2, 0.25) is 0 Å². The molecular weight excluding hydrogens is 392 g/mol. The van der Waals surface area contributed by atoms with E-state index in [1.54, 1.807) is 7.11 Å². The van der Waals surface area contributed by atoms with Gasteiger partial charge in [-0.1, -0.05) is 18.2 Å². The molecule has 1 aromatic heterocycles. The van der Waals surface area contributed by atoms with Gasteiger partial charge in [0.15, 0.2) is 0 Å². The van der Waals surface area contributed by atoms with E-state index in [4.69, 9.17) is 9.47 Å². The summed E-state index contributed by atoms with van der Waals surface area (Å²) in [7, 11) is 5.46. The first kappa shape index (κ1) is 19.6. The summed E-state index contributed by atoms with van der Waals surface area (Å²) in [5.41, 5.74) is 3.80. The van der Waals surface area contributed by atoms with Gasteiger partial charge in [0, 0.05) is 45.5 Å². The molecule has 0 saturated carbocycles. The Kier molecular flexibility index (Phi) is 4.90. The highest BCUT2D eigenvalue weighted by atomic mass is 16.5. The van der Waals surface area contributed by atoms with Crippen LogP contribution >= 0.6 is 0 Å². The van der Waals surface area contributed by atoms with Crippen molar-refractivity contribution in [3.8, 4) is 22.6 Å². The fourth-order valence-corrected chi connectivity index (χ4v) is 4.54. The van der Waals surface area contributed by atoms with Crippen LogP contribution in [0.1, 0.15) is 15.9 Å². The van der Waals surface area contributed by atoms with E-state index in [0.717, 1.165) is 42.1 Å². The van der Waals surface area contributed by atoms with Crippen LogP contribution in [0, 0.1) is 0 Å². The van der Waals surface area contributed by atoms with Crippen LogP contribution in [-0.2, 0) is 13.6 Å². The molecule has 3 aromatic rings. The Hall–Kier alpha value is -3.32. The van der Waals surface area contributed by atoms with Crippen LogP contribution in [0.15, 0.2) is 54.9 Å². The van der Waals surface area contributed by atoms with Gasteiger partial charge < -0.3 is 14.4 Å². The Morgan fingerprint density at radius 1 is 1.13 bits per heavy atom. The maximum Gasteiger partial charge on any atom is 0.257 e. The third-order valence-corrected chi connectivity index (χ3v) is 6.19. The lowest BCUT2D eigenvalue weighted by Gasteiger charge is -2.25. The normalized spacial score (nSPS) is 20.7. The maximum atomic E-state index is 13.2. The number of likely N-dealkylation sites (tertiary alicyclic amines) is 1. The molecule has 2 aromatic carbocycles. The van der Waals surface area contributed by atoms with Gasteiger partial charge in [-0.25, -0.2) is 0 Å². The van der Waals surface area contributed by atoms with Gasteiger partial charge in [0.1, 0.15) is 17.6 Å². The molecule has 0 radical (unpaired) electrons. The third-order valence-electron chi connectivity index (χ3n) is 6.19. The number of benzene rings is 2. The highest BCUT2D eigenvalue weighted by molar-refractivity contribution is 5.98. The average Bonchev–Trinajstić information content (AvgIpc) is 3.36. The molecule has 2 aliphatic rings. The minimum Gasteiger partial charge on any atom is -0.497 e. The van der Waals surface area contributed by atoms with E-state index >= 15 is 0 Å². The lowest BCUT2D eigenvalue weighted by Crippen LogP contribution is -2.44. The smallest absolute Gasteiger partial charge is 0.257 e. The Morgan fingerprint density at radius 3 is 2.74 bits per heavy atom. The number of likely N-dealkylation sites (N-methyl/N-ethyl adjacent to an activating group) is 1. The minimum atomic E-state index is -0.0765. The summed E-state index contributed by atoms with van der Waals surface area (Å²) in [4.78, 5) is 17.4. The van der Waals surface area contributed by atoms with Gasteiger partial charge >= 0.3 is 0 Å². The Balaban J connectivity index is 1.42. The molecule has 3 heterocycles. The predicted molar refractivity (Wildman–Crippen MR) is 117 cm³/mol. The molecule has 0 aliphatic carbocycles. The number of ether oxygens (including phenoxy) is 2. The van der Waals surface area contributed by atoms with Crippen molar-refractivity contribution < 1.29 is 14.3 Å². The zero-order chi connectivity index (χ0) is 21.5. The van der Waals surface area contributed by atoms with Crippen molar-refractivity contribution in [3.63, 3.8) is 0 Å². The lowest BCUT2D eigenvalue weighted by atomic mass is 10.0. The molecule has 1 saturated heterocycles. The number of hydrogen-bond donors (Lipinski definition) is 0. The van der Waals surface area contributed by atoms with Gasteiger partial charge in [0.05, 0.1) is 24.9 Å². The van der Waals surface area contributed by atoms with Crippen LogP contribution < -0.4 is 9.47 Å². The Labute approximate surface area is 181 Å². The van der Waals surface area contributed by atoms with Crippen LogP contribution in [0.3, 0.4) is 0 Å². The number of aromatic nitrogens is 2. The number of carbonyl (C=O) groups excluding carboxylic acids is 1. The summed E-state index contributed by atoms with van der Waals surface area (Å²) in [5.74, 6) is 1.45. The van der Waals surface area contributed by atoms with Crippen molar-refractivity contribution in [2.75, 3.05) is 27.2 Å². The molecule has 2 aliphatic heterocycles. The largest absolute Gasteiger partial charge is 0.497 e. The second-order valence-corrected chi connectivity index (χ2v) is 8.30. The highest BCUT2D eigenvalue weighted by Crippen LogP contribution is 2.35. The van der Waals surface area contributed by atoms with Gasteiger partial charge in [-0.3, -0.25) is 14.4 Å². The number of methoxy groups -OCH3 is 1.